The molecule has 6 heterocycles. The van der Waals surface area contributed by atoms with Crippen LogP contribution in [0.5, 0.6) is 5.75 Å². The van der Waals surface area contributed by atoms with Crippen LogP contribution in [0.15, 0.2) is 196 Å². The molecule has 0 spiro atoms. The number of hydrogen-bond donors (Lipinski definition) is 1. The van der Waals surface area contributed by atoms with E-state index in [2.05, 4.69) is 201 Å². The van der Waals surface area contributed by atoms with Gasteiger partial charge in [-0.15, -0.1) is 21.5 Å². The van der Waals surface area contributed by atoms with Crippen molar-refractivity contribution in [3.63, 3.8) is 0 Å². The Labute approximate surface area is 781 Å². The maximum atomic E-state index is 13.5. The smallest absolute Gasteiger partial charge is 0.416 e. The minimum Gasteiger partial charge on any atom is -0.497 e. The number of nitrogens with zero attached hydrogens (tertiary/aromatic N) is 7. The van der Waals surface area contributed by atoms with Crippen LogP contribution >= 0.6 is 11.3 Å². The topological polar surface area (TPSA) is 164 Å². The molecule has 0 aliphatic heterocycles. The van der Waals surface area contributed by atoms with Crippen LogP contribution < -0.4 is 21.3 Å². The molecule has 0 bridgehead atoms. The summed E-state index contributed by atoms with van der Waals surface area (Å²) in [7, 11) is 3.70. The summed E-state index contributed by atoms with van der Waals surface area (Å²) in [6.07, 6.45) is 16.3. The Bertz CT molecular complexity index is 5330. The molecule has 0 radical (unpaired) electrons. The van der Waals surface area contributed by atoms with Gasteiger partial charge in [-0.05, 0) is 220 Å². The molecule has 0 unspecified atom stereocenters. The number of aryl methyl sites for hydroxylation is 7. The summed E-state index contributed by atoms with van der Waals surface area (Å²) in [5.41, 5.74) is 12.4. The highest BCUT2D eigenvalue weighted by atomic mass is 32.1. The number of alkyl halides is 3. The van der Waals surface area contributed by atoms with Crippen LogP contribution in [0.2, 0.25) is 0 Å². The Morgan fingerprint density at radius 1 is 0.515 bits per heavy atom. The first kappa shape index (κ1) is 116. The molecule has 0 atom stereocenters. The van der Waals surface area contributed by atoms with Gasteiger partial charge in [-0.1, -0.05) is 281 Å². The average Bonchev–Trinajstić information content (AvgIpc) is 0.864. The van der Waals surface area contributed by atoms with Gasteiger partial charge in [-0.3, -0.25) is 14.4 Å². The normalized spacial score (nSPS) is 11.8. The van der Waals surface area contributed by atoms with Gasteiger partial charge < -0.3 is 23.3 Å². The van der Waals surface area contributed by atoms with E-state index in [0.717, 1.165) is 75.8 Å². The van der Waals surface area contributed by atoms with E-state index in [9.17, 15) is 40.7 Å². The van der Waals surface area contributed by atoms with Gasteiger partial charge in [0.15, 0.2) is 5.43 Å². The molecule has 11 aromatic rings. The van der Waals surface area contributed by atoms with Crippen LogP contribution in [0.4, 0.5) is 26.3 Å². The molecule has 0 saturated heterocycles. The Balaban J connectivity index is 0.000000491. The average molecular weight is 1820 g/mol. The van der Waals surface area contributed by atoms with E-state index in [-0.39, 0.29) is 71.9 Å². The molecule has 1 N–H and O–H groups in total. The maximum absolute atomic E-state index is 13.5. The lowest BCUT2D eigenvalue weighted by Crippen LogP contribution is -2.23. The summed E-state index contributed by atoms with van der Waals surface area (Å²) >= 11 is 1.74. The molecule has 5 aromatic carbocycles. The molecular weight excluding hydrogens is 1660 g/mol. The number of hydrogen-bond acceptors (Lipinski definition) is 11. The predicted octanol–water partition coefficient (Wildman–Crippen LogP) is 29.4. The number of H-pyrrole nitrogens is 1. The van der Waals surface area contributed by atoms with Gasteiger partial charge in [0.1, 0.15) is 44.8 Å². The van der Waals surface area contributed by atoms with Crippen LogP contribution in [-0.2, 0) is 78.9 Å². The fourth-order valence-electron chi connectivity index (χ4n) is 12.2. The molecular formula is C110H158F6N8O5S. The molecule has 20 heteroatoms. The number of nitrogens with one attached hydrogen (secondary N) is 1. The van der Waals surface area contributed by atoms with Crippen molar-refractivity contribution >= 4 is 11.3 Å². The molecule has 716 valence electrons. The molecule has 0 aliphatic rings. The van der Waals surface area contributed by atoms with Crippen molar-refractivity contribution < 1.29 is 35.5 Å². The largest absolute Gasteiger partial charge is 0.497 e. The molecule has 0 fully saturated rings. The second-order valence-electron chi connectivity index (χ2n) is 43.7. The number of aromatic nitrogens is 8. The van der Waals surface area contributed by atoms with Gasteiger partial charge in [-0.2, -0.15) is 13.2 Å². The lowest BCUT2D eigenvalue weighted by atomic mass is 9.85. The lowest BCUT2D eigenvalue weighted by molar-refractivity contribution is -0.138. The van der Waals surface area contributed by atoms with Crippen LogP contribution in [0.1, 0.15) is 326 Å². The Kier molecular flexibility index (Phi) is 45.8. The van der Waals surface area contributed by atoms with Crippen molar-refractivity contribution in [3.05, 3.63) is 325 Å². The number of pyridine rings is 2. The summed E-state index contributed by atoms with van der Waals surface area (Å²) in [6, 6.07) is 39.7. The highest BCUT2D eigenvalue weighted by Gasteiger charge is 2.33. The minimum atomic E-state index is -4.24. The molecule has 0 amide bonds. The number of ether oxygens (including phenoxy) is 1. The monoisotopic (exact) mass is 1820 g/mol. The molecule has 6 aromatic heterocycles. The first-order chi connectivity index (χ1) is 59.4. The van der Waals surface area contributed by atoms with Gasteiger partial charge in [0.2, 0.25) is 5.56 Å². The number of rotatable bonds is 11. The number of benzene rings is 5. The van der Waals surface area contributed by atoms with Gasteiger partial charge in [0.25, 0.3) is 5.56 Å². The zero-order valence-electron chi connectivity index (χ0n) is 85.8. The lowest BCUT2D eigenvalue weighted by Gasteiger charge is -2.20. The highest BCUT2D eigenvalue weighted by molar-refractivity contribution is 7.11. The summed E-state index contributed by atoms with van der Waals surface area (Å²) in [6.45, 7) is 72.6. The molecule has 0 saturated carbocycles. The highest BCUT2D eigenvalue weighted by Crippen LogP contribution is 2.35. The van der Waals surface area contributed by atoms with E-state index in [1.54, 1.807) is 72.5 Å². The van der Waals surface area contributed by atoms with Crippen LogP contribution in [0.3, 0.4) is 0 Å². The van der Waals surface area contributed by atoms with Crippen molar-refractivity contribution in [2.24, 2.45) is 28.7 Å². The third kappa shape index (κ3) is 47.8. The minimum absolute atomic E-state index is 0.0302. The van der Waals surface area contributed by atoms with E-state index in [0.29, 0.717) is 33.9 Å². The zero-order chi connectivity index (χ0) is 99.7. The predicted molar refractivity (Wildman–Crippen MR) is 533 cm³/mol. The van der Waals surface area contributed by atoms with Crippen molar-refractivity contribution in [1.82, 2.24) is 39.3 Å². The fraction of sp³-hybridized carbons (Fsp3) is 0.509. The van der Waals surface area contributed by atoms with E-state index in [1.807, 2.05) is 166 Å². The number of methoxy groups -OCH3 is 1. The fourth-order valence-corrected chi connectivity index (χ4v) is 13.3. The Morgan fingerprint density at radius 2 is 1.08 bits per heavy atom. The number of halogens is 6. The van der Waals surface area contributed by atoms with E-state index in [4.69, 9.17) is 9.15 Å². The molecule has 11 rings (SSSR count). The third-order valence-corrected chi connectivity index (χ3v) is 20.9. The SMILES string of the molecule is CC(C)(C)c1cc[nH]c(=O)c1.CC(C)(C)c1ccc(=O)n(Cc2ccccc2)c1.CCc1nnc(CC(C)(C)C)s1.COc1ccc(CCCC(C)(C)C)cc1.Cc1c(F)ccc(C(C)(C)C)c1F.Cc1cc(F)cc(CC(C)(C)C)c1.Cc1ccc(C(C)C)cc1C(F)(F)F.Cc1coc(C(C)(C)C)cc1=O.Cc1ncc(C(C)(C)C)cn1.Cn1cnc(CC(C)(C)C)c1. The first-order valence-electron chi connectivity index (χ1n) is 45.0. The van der Waals surface area contributed by atoms with Gasteiger partial charge in [-0.25, -0.2) is 28.1 Å². The Hall–Kier alpha value is -9.82. The van der Waals surface area contributed by atoms with Crippen molar-refractivity contribution in [1.29, 1.82) is 0 Å². The molecule has 13 nitrogen and oxygen atoms in total. The summed E-state index contributed by atoms with van der Waals surface area (Å²) < 4.78 is 91.1. The summed E-state index contributed by atoms with van der Waals surface area (Å²) in [4.78, 5) is 49.1. The van der Waals surface area contributed by atoms with Crippen LogP contribution in [0.25, 0.3) is 0 Å². The van der Waals surface area contributed by atoms with Crippen LogP contribution in [-0.4, -0.2) is 46.4 Å². The Morgan fingerprint density at radius 3 is 1.52 bits per heavy atom. The van der Waals surface area contributed by atoms with Crippen molar-refractivity contribution in [2.75, 3.05) is 7.11 Å². The summed E-state index contributed by atoms with van der Waals surface area (Å²) in [5, 5.41) is 10.5. The quantitative estimate of drug-likeness (QED) is 0.123. The number of aromatic amines is 1. The second kappa shape index (κ2) is 51.3. The second-order valence-corrected chi connectivity index (χ2v) is 44.9. The first-order valence-corrected chi connectivity index (χ1v) is 45.8. The van der Waals surface area contributed by atoms with Gasteiger partial charge in [0.05, 0.1) is 37.5 Å². The van der Waals surface area contributed by atoms with Crippen molar-refractivity contribution in [3.8, 4) is 5.75 Å². The van der Waals surface area contributed by atoms with E-state index < -0.39 is 23.4 Å². The zero-order valence-corrected chi connectivity index (χ0v) is 86.6. The standard InChI is InChI=1S/C16H19NO.C14H22O.C12H17F.C11H13F3.C11H14F2.C10H14O2.C9H16N2S.C9H16N2.C9H14N2.C9H13NO/c1-16(2,3)14-9-10-15(18)17(12-14)11-13-7-5-4-6-8-13;1-14(2,3)11-5-6-12-7-9-13(15-4)10-8-12;1-9-5-10(7-11(13)6-9)8-12(2,3)4;1-7(2)9-5-4-8(3)10(6-9)11(12,13)14;1-7-9(12)6-5-8(10(7)13)11(2,3)4;1-7-6-12-9(5-8(7)11)10(2,3)4;1-5-7-10-11-8(12-7)6-9(2,3)4;1-9(2,3)5-8-6-11(4)7-10-8;1-7-10-5-8(6-11-7)9(2,3)4;1-9(2,3)7-4-5-10-8(11)6-7/h4-10,12H,11H2,1-3H3;7-10H,5-6,11H2,1-4H3;5-7H,8H2,1-4H3;4-7H,1-3H3;5-6H,1-4H3;5-6H,1-4H3;5-6H2,1-4H3;6-7H,5H2,1-4H3;5-6H,1-4H3;4-6H,1-3H3,(H,10,11). The third-order valence-electron chi connectivity index (χ3n) is 19.8. The van der Waals surface area contributed by atoms with E-state index in [1.165, 1.54) is 91.0 Å². The van der Waals surface area contributed by atoms with Gasteiger partial charge in [0, 0.05) is 79.2 Å². The van der Waals surface area contributed by atoms with E-state index >= 15 is 0 Å². The van der Waals surface area contributed by atoms with Crippen LogP contribution in [0, 0.1) is 73.7 Å². The van der Waals surface area contributed by atoms with Crippen molar-refractivity contribution in [2.45, 2.75) is 333 Å². The summed E-state index contributed by atoms with van der Waals surface area (Å²) in [5.74, 6) is 1.60. The molecule has 0 aliphatic carbocycles. The maximum Gasteiger partial charge on any atom is 0.416 e. The number of imidazole rings is 1. The molecule has 130 heavy (non-hydrogen) atoms. The van der Waals surface area contributed by atoms with Gasteiger partial charge >= 0.3 is 6.18 Å².